The molecule has 0 radical (unpaired) electrons. The number of nitrogens with two attached hydrogens (primary N) is 5. The second-order valence-corrected chi connectivity index (χ2v) is 8.23. The summed E-state index contributed by atoms with van der Waals surface area (Å²) in [5.74, 6) is 3.49. The lowest BCUT2D eigenvalue weighted by molar-refractivity contribution is -0.0987. The Morgan fingerprint density at radius 3 is 0.288 bits per heavy atom. The molecule has 0 aliphatic heterocycles. The first kappa shape index (κ1) is 211. The average Bonchev–Trinajstić information content (AvgIpc) is 3.38. The maximum absolute atomic E-state index is 8.06. The van der Waals surface area contributed by atoms with Crippen LogP contribution in [0.25, 0.3) is 0 Å². The lowest BCUT2D eigenvalue weighted by atomic mass is 10.2. The van der Waals surface area contributed by atoms with E-state index in [0.717, 1.165) is 23.7 Å². The Labute approximate surface area is 416 Å². The number of carbonyl (C=O) groups excluding carboxylic acids is 10. The molecule has 0 fully saturated rings. The van der Waals surface area contributed by atoms with Crippen molar-refractivity contribution in [2.75, 3.05) is 35.2 Å². The molecule has 0 aliphatic rings. The average molecular weight is 996 g/mol. The van der Waals surface area contributed by atoms with Crippen LogP contribution in [0, 0.1) is 23.7 Å². The maximum Gasteiger partial charge on any atom is 0.106 e. The molecule has 0 spiro atoms. The third kappa shape index (κ3) is 41400. The monoisotopic (exact) mass is 995 g/mol. The largest absolute Gasteiger partial charge is 0.394 e. The SMILES string of the molecule is C=O.C=O.C=O.C=O.C=O.C=O.C=O.C=O.C=O.C=O.CC.CC.CC.CC.CC(C)C.CC(C)O.CCC(C)C.CCC(C)C.CCC(C)C.CN.CN.CN.CN.CN.N.N.N.N.N. The molecule has 0 bridgehead atoms. The first-order valence-corrected chi connectivity index (χ1v) is 19.7. The van der Waals surface area contributed by atoms with Gasteiger partial charge in [0.25, 0.3) is 0 Å². The van der Waals surface area contributed by atoms with Gasteiger partial charge in [-0.3, -0.25) is 0 Å². The van der Waals surface area contributed by atoms with E-state index >= 15 is 0 Å². The molecule has 26 N–H and O–H groups in total. The minimum atomic E-state index is -0.167. The summed E-state index contributed by atoms with van der Waals surface area (Å²) in [5, 5.41) is 8.06. The summed E-state index contributed by atoms with van der Waals surface area (Å²) in [6.07, 6.45) is 3.75. The van der Waals surface area contributed by atoms with Crippen LogP contribution in [-0.4, -0.2) is 114 Å². The quantitative estimate of drug-likeness (QED) is 0.125. The summed E-state index contributed by atoms with van der Waals surface area (Å²) in [7, 11) is 7.50. The zero-order valence-corrected chi connectivity index (χ0v) is 50.0. The van der Waals surface area contributed by atoms with E-state index in [-0.39, 0.29) is 36.9 Å². The Hall–Kier alpha value is -3.74. The molecule has 21 heteroatoms. The summed E-state index contributed by atoms with van der Waals surface area (Å²) in [5.41, 5.74) is 22.5. The van der Waals surface area contributed by atoms with Gasteiger partial charge in [-0.1, -0.05) is 158 Å². The molecular weight excluding hydrogens is 857 g/mol. The van der Waals surface area contributed by atoms with Gasteiger partial charge in [0.2, 0.25) is 0 Å². The van der Waals surface area contributed by atoms with E-state index in [1.54, 1.807) is 13.8 Å². The summed E-state index contributed by atoms with van der Waals surface area (Å²) in [6.45, 7) is 65.9. The molecule has 21 nitrogen and oxygen atoms in total. The van der Waals surface area contributed by atoms with E-state index in [1.807, 2.05) is 123 Å². The van der Waals surface area contributed by atoms with Gasteiger partial charge >= 0.3 is 0 Å². The van der Waals surface area contributed by atoms with Crippen molar-refractivity contribution in [3.8, 4) is 0 Å². The summed E-state index contributed by atoms with van der Waals surface area (Å²) in [4.78, 5) is 80.0. The van der Waals surface area contributed by atoms with Gasteiger partial charge in [0.15, 0.2) is 0 Å². The van der Waals surface area contributed by atoms with Gasteiger partial charge in [0, 0.05) is 6.10 Å². The van der Waals surface area contributed by atoms with Gasteiger partial charge in [0.1, 0.15) is 67.9 Å². The van der Waals surface area contributed by atoms with Crippen LogP contribution < -0.4 is 59.4 Å². The van der Waals surface area contributed by atoms with E-state index in [0.29, 0.717) is 0 Å². The predicted octanol–water partition coefficient (Wildman–Crippen LogP) is 9.15. The zero-order chi connectivity index (χ0) is 58.0. The number of aliphatic hydroxyl groups excluding tert-OH is 1. The number of aliphatic hydroxyl groups is 1. The number of hydrogen-bond acceptors (Lipinski definition) is 21. The minimum Gasteiger partial charge on any atom is -0.394 e. The number of carbonyl (C=O) groups is 10. The van der Waals surface area contributed by atoms with Gasteiger partial charge in [0.05, 0.1) is 0 Å². The molecular formula is C45H138N10O11. The highest BCUT2D eigenvalue weighted by atomic mass is 16.3. The molecule has 0 rings (SSSR count). The van der Waals surface area contributed by atoms with Crippen LogP contribution in [0.5, 0.6) is 0 Å². The highest BCUT2D eigenvalue weighted by molar-refractivity contribution is 5.12. The maximum atomic E-state index is 8.06. The lowest BCUT2D eigenvalue weighted by Crippen LogP contribution is -1.85. The fourth-order valence-corrected chi connectivity index (χ4v) is 0. The van der Waals surface area contributed by atoms with Gasteiger partial charge in [-0.05, 0) is 72.8 Å². The van der Waals surface area contributed by atoms with E-state index in [4.69, 9.17) is 53.1 Å². The molecule has 0 atom stereocenters. The van der Waals surface area contributed by atoms with Crippen LogP contribution in [0.15, 0.2) is 0 Å². The Kier molecular flexibility index (Phi) is 3500. The first-order valence-electron chi connectivity index (χ1n) is 19.7. The van der Waals surface area contributed by atoms with Crippen molar-refractivity contribution in [1.29, 1.82) is 0 Å². The highest BCUT2D eigenvalue weighted by Crippen LogP contribution is 1.94. The van der Waals surface area contributed by atoms with Gasteiger partial charge in [-0.2, -0.15) is 0 Å². The topological polar surface area (TPSA) is 496 Å². The van der Waals surface area contributed by atoms with Gasteiger partial charge in [-0.25, -0.2) is 0 Å². The van der Waals surface area contributed by atoms with E-state index in [9.17, 15) is 0 Å². The van der Waals surface area contributed by atoms with Crippen LogP contribution in [0.1, 0.15) is 172 Å². The molecule has 0 saturated carbocycles. The van der Waals surface area contributed by atoms with Crippen LogP contribution in [0.4, 0.5) is 0 Å². The molecule has 0 unspecified atom stereocenters. The lowest BCUT2D eigenvalue weighted by Gasteiger charge is -1.90. The molecule has 0 amide bonds. The number of hydrogen-bond donors (Lipinski definition) is 11. The molecule has 0 aromatic carbocycles. The smallest absolute Gasteiger partial charge is 0.106 e. The van der Waals surface area contributed by atoms with Crippen LogP contribution >= 0.6 is 0 Å². The third-order valence-electron chi connectivity index (χ3n) is 2.45. The van der Waals surface area contributed by atoms with Crippen LogP contribution in [0.3, 0.4) is 0 Å². The molecule has 66 heavy (non-hydrogen) atoms. The minimum absolute atomic E-state index is 0. The Morgan fingerprint density at radius 1 is 0.273 bits per heavy atom. The second kappa shape index (κ2) is 1090. The zero-order valence-electron chi connectivity index (χ0n) is 50.0. The van der Waals surface area contributed by atoms with Gasteiger partial charge < -0.3 is 112 Å². The molecule has 0 heterocycles. The van der Waals surface area contributed by atoms with Crippen molar-refractivity contribution in [3.63, 3.8) is 0 Å². The predicted molar refractivity (Wildman–Crippen MR) is 306 cm³/mol. The van der Waals surface area contributed by atoms with Crippen molar-refractivity contribution >= 4 is 67.9 Å². The molecule has 0 aromatic rings. The van der Waals surface area contributed by atoms with E-state index in [1.165, 1.54) is 54.5 Å². The molecule has 0 aliphatic carbocycles. The molecule has 434 valence electrons. The summed E-state index contributed by atoms with van der Waals surface area (Å²) < 4.78 is 0. The first-order chi connectivity index (χ1) is 29.3. The highest BCUT2D eigenvalue weighted by Gasteiger charge is 1.81. The Balaban J connectivity index is -0.00000000809. The number of rotatable bonds is 3. The van der Waals surface area contributed by atoms with Crippen molar-refractivity contribution in [1.82, 2.24) is 30.8 Å². The second-order valence-electron chi connectivity index (χ2n) is 8.23. The van der Waals surface area contributed by atoms with Crippen LogP contribution in [-0.2, 0) is 47.9 Å². The van der Waals surface area contributed by atoms with Crippen molar-refractivity contribution in [3.05, 3.63) is 0 Å². The fourth-order valence-electron chi connectivity index (χ4n) is 0. The van der Waals surface area contributed by atoms with E-state index in [2.05, 4.69) is 112 Å². The van der Waals surface area contributed by atoms with Crippen molar-refractivity contribution < 1.29 is 53.1 Å². The fraction of sp³-hybridized carbons (Fsp3) is 0.778. The summed E-state index contributed by atoms with van der Waals surface area (Å²) in [6, 6.07) is 0. The molecule has 0 aromatic heterocycles. The van der Waals surface area contributed by atoms with Crippen molar-refractivity contribution in [2.24, 2.45) is 52.3 Å². The molecule has 0 saturated heterocycles. The normalized spacial score (nSPS) is 4.70. The summed E-state index contributed by atoms with van der Waals surface area (Å²) >= 11 is 0. The van der Waals surface area contributed by atoms with Crippen LogP contribution in [0.2, 0.25) is 0 Å². The van der Waals surface area contributed by atoms with Gasteiger partial charge in [-0.15, -0.1) is 0 Å². The van der Waals surface area contributed by atoms with Crippen molar-refractivity contribution in [2.45, 2.75) is 178 Å². The van der Waals surface area contributed by atoms with E-state index < -0.39 is 0 Å². The Bertz CT molecular complexity index is 276. The Morgan fingerprint density at radius 2 is 0.288 bits per heavy atom. The standard InChI is InChI=1S/3C5H12.C4H10.C3H8O.4C2H6.5CH5N.10CH2O.5H3N/c3*1-4-5(2)3;1-4(2)3;1-3(2)4;19*1-2;;;;;/h3*5H,4H2,1-3H3;4H,1-3H3;3-4H,1-2H3;4*1-2H3;5*2H2,1H3;10*1H2;5*1H3. The third-order valence-corrected chi connectivity index (χ3v) is 2.45.